The van der Waals surface area contributed by atoms with Gasteiger partial charge in [0.1, 0.15) is 5.82 Å². The summed E-state index contributed by atoms with van der Waals surface area (Å²) in [5.41, 5.74) is 1.84. The van der Waals surface area contributed by atoms with Crippen molar-refractivity contribution in [1.29, 1.82) is 0 Å². The van der Waals surface area contributed by atoms with E-state index in [1.807, 2.05) is 39.0 Å². The molecule has 0 unspecified atom stereocenters. The van der Waals surface area contributed by atoms with E-state index in [1.165, 1.54) is 6.07 Å². The average molecular weight is 498 g/mol. The number of amides is 1. The number of carbonyl (C=O) groups is 1. The van der Waals surface area contributed by atoms with Crippen molar-refractivity contribution >= 4 is 35.8 Å². The third-order valence-corrected chi connectivity index (χ3v) is 3.77. The highest BCUT2D eigenvalue weighted by Gasteiger charge is 2.15. The maximum absolute atomic E-state index is 13.7. The van der Waals surface area contributed by atoms with Crippen molar-refractivity contribution in [2.45, 2.75) is 39.4 Å². The Balaban J connectivity index is 0.00000392. The van der Waals surface area contributed by atoms with Gasteiger partial charge in [-0.25, -0.2) is 4.39 Å². The standard InChI is InChI=1S/C21H27FN4O.HI/c1-21(2,3)26-19(27)16-10-7-8-15(12-16)13-24-20(23-4)25-14-17-9-5-6-11-18(17)22;/h5-12H,13-14H2,1-4H3,(H,26,27)(H2,23,24,25);1H. The third-order valence-electron chi connectivity index (χ3n) is 3.77. The smallest absolute Gasteiger partial charge is 0.251 e. The predicted molar refractivity (Wildman–Crippen MR) is 123 cm³/mol. The summed E-state index contributed by atoms with van der Waals surface area (Å²) in [7, 11) is 1.66. The number of nitrogens with one attached hydrogen (secondary N) is 3. The van der Waals surface area contributed by atoms with Crippen LogP contribution in [0.1, 0.15) is 42.3 Å². The topological polar surface area (TPSA) is 65.5 Å². The molecule has 0 saturated heterocycles. The quantitative estimate of drug-likeness (QED) is 0.334. The number of rotatable bonds is 5. The molecule has 0 heterocycles. The summed E-state index contributed by atoms with van der Waals surface area (Å²) in [6.45, 7) is 6.67. The first-order chi connectivity index (χ1) is 12.8. The maximum atomic E-state index is 13.7. The van der Waals surface area contributed by atoms with Gasteiger partial charge in [0.2, 0.25) is 0 Å². The summed E-state index contributed by atoms with van der Waals surface area (Å²) < 4.78 is 13.7. The Morgan fingerprint density at radius 3 is 2.36 bits per heavy atom. The first kappa shape index (κ1) is 23.9. The van der Waals surface area contributed by atoms with Gasteiger partial charge < -0.3 is 16.0 Å². The minimum atomic E-state index is -0.288. The Morgan fingerprint density at radius 1 is 1.04 bits per heavy atom. The third kappa shape index (κ3) is 7.84. The fourth-order valence-electron chi connectivity index (χ4n) is 2.46. The molecule has 5 nitrogen and oxygen atoms in total. The summed E-state index contributed by atoms with van der Waals surface area (Å²) in [5.74, 6) is 0.201. The molecular formula is C21H28FIN4O. The van der Waals surface area contributed by atoms with Gasteiger partial charge in [0.25, 0.3) is 5.91 Å². The average Bonchev–Trinajstić information content (AvgIpc) is 2.62. The summed E-state index contributed by atoms with van der Waals surface area (Å²) >= 11 is 0. The lowest BCUT2D eigenvalue weighted by molar-refractivity contribution is 0.0919. The van der Waals surface area contributed by atoms with Gasteiger partial charge in [-0.3, -0.25) is 9.79 Å². The van der Waals surface area contributed by atoms with Crippen LogP contribution in [-0.4, -0.2) is 24.5 Å². The van der Waals surface area contributed by atoms with Crippen LogP contribution in [0.4, 0.5) is 4.39 Å². The maximum Gasteiger partial charge on any atom is 0.251 e. The summed E-state index contributed by atoms with van der Waals surface area (Å²) in [6.07, 6.45) is 0. The molecule has 0 aliphatic rings. The Morgan fingerprint density at radius 2 is 1.71 bits per heavy atom. The van der Waals surface area contributed by atoms with E-state index in [9.17, 15) is 9.18 Å². The molecule has 0 aromatic heterocycles. The van der Waals surface area contributed by atoms with Crippen LogP contribution in [0, 0.1) is 5.82 Å². The van der Waals surface area contributed by atoms with E-state index in [2.05, 4.69) is 20.9 Å². The molecule has 2 aromatic carbocycles. The van der Waals surface area contributed by atoms with Gasteiger partial charge in [-0.2, -0.15) is 0 Å². The van der Waals surface area contributed by atoms with E-state index < -0.39 is 0 Å². The van der Waals surface area contributed by atoms with E-state index in [1.54, 1.807) is 31.3 Å². The first-order valence-electron chi connectivity index (χ1n) is 8.88. The number of carbonyl (C=O) groups excluding carboxylic acids is 1. The van der Waals surface area contributed by atoms with Crippen LogP contribution < -0.4 is 16.0 Å². The molecule has 3 N–H and O–H groups in total. The minimum Gasteiger partial charge on any atom is -0.352 e. The Hall–Kier alpha value is -2.16. The number of halogens is 2. The lowest BCUT2D eigenvalue weighted by Gasteiger charge is -2.20. The molecule has 0 fully saturated rings. The van der Waals surface area contributed by atoms with E-state index in [4.69, 9.17) is 0 Å². The lowest BCUT2D eigenvalue weighted by Crippen LogP contribution is -2.40. The summed E-state index contributed by atoms with van der Waals surface area (Å²) in [6, 6.07) is 14.0. The summed E-state index contributed by atoms with van der Waals surface area (Å²) in [5, 5.41) is 9.21. The molecular weight excluding hydrogens is 470 g/mol. The molecule has 0 aliphatic carbocycles. The van der Waals surface area contributed by atoms with Crippen molar-refractivity contribution < 1.29 is 9.18 Å². The Kier molecular flexibility index (Phi) is 9.37. The number of hydrogen-bond acceptors (Lipinski definition) is 2. The highest BCUT2D eigenvalue weighted by atomic mass is 127. The van der Waals surface area contributed by atoms with Gasteiger partial charge >= 0.3 is 0 Å². The second-order valence-electron chi connectivity index (χ2n) is 7.28. The lowest BCUT2D eigenvalue weighted by atomic mass is 10.1. The van der Waals surface area contributed by atoms with E-state index in [-0.39, 0.29) is 41.2 Å². The van der Waals surface area contributed by atoms with Gasteiger partial charge in [0.15, 0.2) is 5.96 Å². The van der Waals surface area contributed by atoms with Crippen molar-refractivity contribution in [3.05, 3.63) is 71.0 Å². The van der Waals surface area contributed by atoms with Crippen molar-refractivity contribution in [3.8, 4) is 0 Å². The molecule has 28 heavy (non-hydrogen) atoms. The zero-order valence-electron chi connectivity index (χ0n) is 16.7. The van der Waals surface area contributed by atoms with Gasteiger partial charge in [0.05, 0.1) is 0 Å². The highest BCUT2D eigenvalue weighted by molar-refractivity contribution is 14.0. The van der Waals surface area contributed by atoms with Gasteiger partial charge in [-0.1, -0.05) is 30.3 Å². The van der Waals surface area contributed by atoms with Crippen molar-refractivity contribution in [3.63, 3.8) is 0 Å². The second kappa shape index (κ2) is 11.0. The number of aliphatic imine (C=N–C) groups is 1. The molecule has 2 aromatic rings. The van der Waals surface area contributed by atoms with Crippen molar-refractivity contribution in [1.82, 2.24) is 16.0 Å². The summed E-state index contributed by atoms with van der Waals surface area (Å²) in [4.78, 5) is 16.4. The highest BCUT2D eigenvalue weighted by Crippen LogP contribution is 2.08. The predicted octanol–water partition coefficient (Wildman–Crippen LogP) is 3.84. The minimum absolute atomic E-state index is 0. The van der Waals surface area contributed by atoms with Crippen LogP contribution in [0.25, 0.3) is 0 Å². The SMILES string of the molecule is CN=C(NCc1cccc(C(=O)NC(C)(C)C)c1)NCc1ccccc1F.I. The normalized spacial score (nSPS) is 11.4. The van der Waals surface area contributed by atoms with E-state index in [0.717, 1.165) is 5.56 Å². The van der Waals surface area contributed by atoms with E-state index in [0.29, 0.717) is 30.2 Å². The van der Waals surface area contributed by atoms with Crippen LogP contribution in [0.3, 0.4) is 0 Å². The van der Waals surface area contributed by atoms with Crippen LogP contribution in [-0.2, 0) is 13.1 Å². The molecule has 0 aliphatic heterocycles. The van der Waals surface area contributed by atoms with Crippen LogP contribution in [0.15, 0.2) is 53.5 Å². The molecule has 152 valence electrons. The Labute approximate surface area is 183 Å². The second-order valence-corrected chi connectivity index (χ2v) is 7.28. The molecule has 1 amide bonds. The van der Waals surface area contributed by atoms with Crippen LogP contribution >= 0.6 is 24.0 Å². The van der Waals surface area contributed by atoms with Gasteiger partial charge in [-0.15, -0.1) is 24.0 Å². The molecule has 2 rings (SSSR count). The number of benzene rings is 2. The molecule has 7 heteroatoms. The molecule has 0 spiro atoms. The molecule has 0 bridgehead atoms. The molecule has 0 saturated carbocycles. The fourth-order valence-corrected chi connectivity index (χ4v) is 2.46. The van der Waals surface area contributed by atoms with Crippen molar-refractivity contribution in [2.24, 2.45) is 4.99 Å². The first-order valence-corrected chi connectivity index (χ1v) is 8.88. The fraction of sp³-hybridized carbons (Fsp3) is 0.333. The van der Waals surface area contributed by atoms with E-state index >= 15 is 0 Å². The largest absolute Gasteiger partial charge is 0.352 e. The van der Waals surface area contributed by atoms with Crippen molar-refractivity contribution in [2.75, 3.05) is 7.05 Å². The monoisotopic (exact) mass is 498 g/mol. The van der Waals surface area contributed by atoms with Gasteiger partial charge in [0, 0.05) is 36.8 Å². The Bertz CT molecular complexity index is 818. The molecule has 0 atom stereocenters. The van der Waals surface area contributed by atoms with Crippen LogP contribution in [0.5, 0.6) is 0 Å². The number of guanidine groups is 1. The zero-order valence-corrected chi connectivity index (χ0v) is 19.0. The molecule has 0 radical (unpaired) electrons. The number of nitrogens with zero attached hydrogens (tertiary/aromatic N) is 1. The zero-order chi connectivity index (χ0) is 19.9. The number of hydrogen-bond donors (Lipinski definition) is 3. The van der Waals surface area contributed by atoms with Gasteiger partial charge in [-0.05, 0) is 44.5 Å². The van der Waals surface area contributed by atoms with Crippen LogP contribution in [0.2, 0.25) is 0 Å².